The number of fused-ring (bicyclic) bond motifs is 2. The van der Waals surface area contributed by atoms with Crippen LogP contribution in [0.5, 0.6) is 5.75 Å². The van der Waals surface area contributed by atoms with Crippen molar-refractivity contribution in [2.24, 2.45) is 0 Å². The summed E-state index contributed by atoms with van der Waals surface area (Å²) in [7, 11) is -6.00. The van der Waals surface area contributed by atoms with Crippen LogP contribution in [0.3, 0.4) is 0 Å². The molecule has 21 heteroatoms. The second-order valence-electron chi connectivity index (χ2n) is 14.8. The van der Waals surface area contributed by atoms with Crippen molar-refractivity contribution >= 4 is 120 Å². The summed E-state index contributed by atoms with van der Waals surface area (Å²) < 4.78 is 66.9. The summed E-state index contributed by atoms with van der Waals surface area (Å²) in [6.07, 6.45) is 0. The lowest BCUT2D eigenvalue weighted by atomic mass is 9.94. The van der Waals surface area contributed by atoms with Crippen LogP contribution < -0.4 is 34.8 Å². The van der Waals surface area contributed by atoms with E-state index in [1.165, 1.54) is 12.1 Å². The molecule has 0 saturated carbocycles. The van der Waals surface area contributed by atoms with E-state index in [-0.39, 0.29) is 44.6 Å². The largest absolute Gasteiger partial charge is 0.534 e. The third-order valence-corrected chi connectivity index (χ3v) is 13.6. The topological polar surface area (TPSA) is 123 Å². The Hall–Kier alpha value is -5.10. The summed E-state index contributed by atoms with van der Waals surface area (Å²) in [6, 6.07) is 29.3. The maximum absolute atomic E-state index is 13.1. The van der Waals surface area contributed by atoms with Crippen LogP contribution in [0.15, 0.2) is 109 Å². The fourth-order valence-corrected chi connectivity index (χ4v) is 9.82. The van der Waals surface area contributed by atoms with Crippen molar-refractivity contribution in [3.8, 4) is 28.0 Å². The zero-order valence-corrected chi connectivity index (χ0v) is 39.2. The smallest absolute Gasteiger partial charge is 0.376 e. The summed E-state index contributed by atoms with van der Waals surface area (Å²) in [6.45, 7) is 3.90. The van der Waals surface area contributed by atoms with Crippen molar-refractivity contribution < 1.29 is 35.4 Å². The number of para-hydroxylation sites is 2. The van der Waals surface area contributed by atoms with E-state index in [9.17, 15) is 31.2 Å². The van der Waals surface area contributed by atoms with E-state index in [0.717, 1.165) is 71.3 Å². The van der Waals surface area contributed by atoms with Crippen molar-refractivity contribution in [1.29, 1.82) is 0 Å². The van der Waals surface area contributed by atoms with Gasteiger partial charge >= 0.3 is 27.7 Å². The van der Waals surface area contributed by atoms with Gasteiger partial charge in [-0.1, -0.05) is 118 Å². The average Bonchev–Trinajstić information content (AvgIpc) is 3.27. The van der Waals surface area contributed by atoms with Gasteiger partial charge in [0, 0.05) is 83.3 Å². The molecule has 9 rings (SSSR count). The van der Waals surface area contributed by atoms with Gasteiger partial charge in [0.05, 0.1) is 42.8 Å². The molecule has 0 aliphatic carbocycles. The Balaban J connectivity index is 0.000000180. The minimum atomic E-state index is -6.00. The molecular weight excluding hydrogens is 1010 g/mol. The van der Waals surface area contributed by atoms with Crippen LogP contribution >= 0.6 is 69.6 Å². The van der Waals surface area contributed by atoms with E-state index < -0.39 is 27.4 Å². The number of hydrogen-bond donors (Lipinski definition) is 3. The second-order valence-corrected chi connectivity index (χ2v) is 18.7. The number of carbonyl (C=O) groups excluding carboxylic acids is 2. The molecule has 0 unspecified atom stereocenters. The van der Waals surface area contributed by atoms with Gasteiger partial charge in [-0.05, 0) is 65.7 Å². The van der Waals surface area contributed by atoms with Gasteiger partial charge in [-0.25, -0.2) is 9.59 Å². The van der Waals surface area contributed by atoms with Gasteiger partial charge in [-0.3, -0.25) is 9.80 Å². The summed E-state index contributed by atoms with van der Waals surface area (Å²) in [5.41, 5.74) is 0.548. The van der Waals surface area contributed by atoms with E-state index in [4.69, 9.17) is 69.6 Å². The van der Waals surface area contributed by atoms with Crippen molar-refractivity contribution in [2.75, 3.05) is 40.9 Å². The Morgan fingerprint density at radius 3 is 1.42 bits per heavy atom. The van der Waals surface area contributed by atoms with Crippen LogP contribution in [0.1, 0.15) is 11.1 Å². The maximum atomic E-state index is 13.1. The van der Waals surface area contributed by atoms with Gasteiger partial charge in [0.25, 0.3) is 0 Å². The molecule has 3 heterocycles. The number of carbonyl (C=O) groups is 2. The number of nitrogens with zero attached hydrogens (tertiary/aromatic N) is 3. The van der Waals surface area contributed by atoms with Gasteiger partial charge in [-0.15, -0.1) is 0 Å². The second kappa shape index (κ2) is 19.2. The summed E-state index contributed by atoms with van der Waals surface area (Å²) in [5, 5.41) is 10.9. The van der Waals surface area contributed by atoms with Gasteiger partial charge in [0.15, 0.2) is 0 Å². The number of nitrogens with one attached hydrogen (secondary N) is 3. The van der Waals surface area contributed by atoms with E-state index in [2.05, 4.69) is 37.2 Å². The highest BCUT2D eigenvalue weighted by molar-refractivity contribution is 7.88. The Kier molecular flexibility index (Phi) is 13.8. The highest BCUT2D eigenvalue weighted by Gasteiger charge is 2.49. The lowest BCUT2D eigenvalue weighted by molar-refractivity contribution is -0.0500. The maximum Gasteiger partial charge on any atom is 0.534 e. The monoisotopic (exact) mass is 1040 g/mol. The van der Waals surface area contributed by atoms with Crippen molar-refractivity contribution in [1.82, 2.24) is 16.0 Å². The summed E-state index contributed by atoms with van der Waals surface area (Å²) in [4.78, 5) is 30.9. The van der Waals surface area contributed by atoms with Gasteiger partial charge in [0.2, 0.25) is 0 Å². The van der Waals surface area contributed by atoms with E-state index in [1.54, 1.807) is 53.4 Å². The molecule has 66 heavy (non-hydrogen) atoms. The van der Waals surface area contributed by atoms with Crippen LogP contribution in [-0.2, 0) is 23.2 Å². The molecule has 6 aromatic carbocycles. The Morgan fingerprint density at radius 1 is 0.545 bits per heavy atom. The minimum Gasteiger partial charge on any atom is -0.376 e. The van der Waals surface area contributed by atoms with Crippen molar-refractivity contribution in [3.63, 3.8) is 0 Å². The molecule has 3 aliphatic rings. The lowest BCUT2D eigenvalue weighted by Gasteiger charge is -2.36. The first kappa shape index (κ1) is 47.4. The van der Waals surface area contributed by atoms with Crippen LogP contribution in [0.2, 0.25) is 30.1 Å². The van der Waals surface area contributed by atoms with Gasteiger partial charge in [0.1, 0.15) is 5.75 Å². The molecular formula is C45H33Cl6F3N6O5S. The summed E-state index contributed by atoms with van der Waals surface area (Å²) >= 11 is 38.5. The van der Waals surface area contributed by atoms with Crippen molar-refractivity contribution in [2.45, 2.75) is 18.6 Å². The molecule has 3 N–H and O–H groups in total. The number of alkyl halides is 3. The molecule has 0 atom stereocenters. The molecule has 1 fully saturated rings. The zero-order valence-electron chi connectivity index (χ0n) is 33.8. The number of urea groups is 2. The van der Waals surface area contributed by atoms with Crippen LogP contribution in [0.25, 0.3) is 22.3 Å². The summed E-state index contributed by atoms with van der Waals surface area (Å²) in [5.74, 6) is -0.686. The zero-order chi connectivity index (χ0) is 47.1. The van der Waals surface area contributed by atoms with E-state index >= 15 is 0 Å². The predicted octanol–water partition coefficient (Wildman–Crippen LogP) is 13.0. The number of rotatable bonds is 7. The van der Waals surface area contributed by atoms with E-state index in [1.807, 2.05) is 24.3 Å². The standard InChI is InChI=1S/C24H21Cl3N4O.C21H12Cl3F3N2O4S/c25-19-5-2-1-4-16(19)17-12-15(30-10-8-28-9-11-30)13-22-18(17)14-29-24(32)31(22)23-20(26)6-3-7-21(23)27;22-15-5-2-1-4-12(15)13-8-11(33-34(31,32)21(25,26)27)9-18-14(13)10-28-20(30)29(18)19-16(23)6-3-7-17(19)24/h1-7,12-13,28H,8-11,14H2,(H,29,32);1-9H,10H2,(H,28,30). The first-order valence-electron chi connectivity index (χ1n) is 19.8. The molecule has 11 nitrogen and oxygen atoms in total. The molecule has 0 bridgehead atoms. The molecule has 0 spiro atoms. The molecule has 3 aliphatic heterocycles. The average molecular weight is 1040 g/mol. The number of benzene rings is 6. The SMILES string of the molecule is O=C1NCc2c(-c3ccccc3Cl)cc(N3CCNCC3)cc2N1c1c(Cl)cccc1Cl.O=C1NCc2c(-c3ccccc3Cl)cc(OS(=O)(=O)C(F)(F)F)cc2N1c1c(Cl)cccc1Cl. The normalized spacial score (nSPS) is 15.0. The predicted molar refractivity (Wildman–Crippen MR) is 256 cm³/mol. The number of anilines is 5. The third-order valence-electron chi connectivity index (χ3n) is 10.8. The molecule has 6 aromatic rings. The Morgan fingerprint density at radius 2 is 0.970 bits per heavy atom. The molecule has 4 amide bonds. The first-order chi connectivity index (χ1) is 31.4. The fourth-order valence-electron chi connectivity index (χ4n) is 7.77. The minimum absolute atomic E-state index is 0.0172. The molecule has 1 saturated heterocycles. The quantitative estimate of drug-likeness (QED) is 0.107. The lowest BCUT2D eigenvalue weighted by Crippen LogP contribution is -2.44. The third kappa shape index (κ3) is 9.40. The highest BCUT2D eigenvalue weighted by atomic mass is 35.5. The van der Waals surface area contributed by atoms with Crippen LogP contribution in [-0.4, -0.2) is 52.2 Å². The number of amides is 4. The van der Waals surface area contributed by atoms with Crippen molar-refractivity contribution in [3.05, 3.63) is 150 Å². The first-order valence-corrected chi connectivity index (χ1v) is 23.5. The van der Waals surface area contributed by atoms with Gasteiger partial charge in [-0.2, -0.15) is 21.6 Å². The van der Waals surface area contributed by atoms with Gasteiger partial charge < -0.3 is 25.0 Å². The van der Waals surface area contributed by atoms with E-state index in [0.29, 0.717) is 38.4 Å². The molecule has 0 radical (unpaired) electrons. The Labute approximate surface area is 407 Å². The molecule has 342 valence electrons. The number of hydrogen-bond acceptors (Lipinski definition) is 7. The highest BCUT2D eigenvalue weighted by Crippen LogP contribution is 2.48. The number of halogens is 9. The fraction of sp³-hybridized carbons (Fsp3) is 0.156. The molecule has 0 aromatic heterocycles. The number of piperazine rings is 1. The Bertz CT molecular complexity index is 2970. The van der Waals surface area contributed by atoms with Crippen LogP contribution in [0.4, 0.5) is 51.2 Å². The van der Waals surface area contributed by atoms with Crippen LogP contribution in [0, 0.1) is 0 Å².